The molecule has 0 unspecified atom stereocenters. The summed E-state index contributed by atoms with van der Waals surface area (Å²) in [4.78, 5) is 25.4. The van der Waals surface area contributed by atoms with Crippen LogP contribution in [0, 0.1) is 11.6 Å². The summed E-state index contributed by atoms with van der Waals surface area (Å²) in [6.07, 6.45) is 4.90. The average Bonchev–Trinajstić information content (AvgIpc) is 3.34. The van der Waals surface area contributed by atoms with Crippen molar-refractivity contribution in [2.75, 3.05) is 0 Å². The number of fused-ring (bicyclic) bond motifs is 1. The molecule has 1 aliphatic rings. The van der Waals surface area contributed by atoms with Gasteiger partial charge in [0.25, 0.3) is 5.91 Å². The van der Waals surface area contributed by atoms with E-state index in [0.29, 0.717) is 24.2 Å². The van der Waals surface area contributed by atoms with Gasteiger partial charge >= 0.3 is 6.61 Å². The van der Waals surface area contributed by atoms with E-state index >= 15 is 0 Å². The van der Waals surface area contributed by atoms with Crippen LogP contribution in [0.25, 0.3) is 28.2 Å². The smallest absolute Gasteiger partial charge is 0.387 e. The first kappa shape index (κ1) is 25.3. The van der Waals surface area contributed by atoms with Gasteiger partial charge in [-0.1, -0.05) is 12.1 Å². The Balaban J connectivity index is 1.25. The zero-order valence-electron chi connectivity index (χ0n) is 20.5. The fraction of sp³-hybridized carbons (Fsp3) is 0.185. The number of para-hydroxylation sites is 1. The first-order valence-corrected chi connectivity index (χ1v) is 12.2. The molecule has 6 rings (SSSR count). The second-order valence-electron chi connectivity index (χ2n) is 9.14. The number of carbonyl (C=O) groups excluding carboxylic acids is 1. The number of halogens is 4. The van der Waals surface area contributed by atoms with Gasteiger partial charge in [-0.3, -0.25) is 19.3 Å². The highest BCUT2D eigenvalue weighted by atomic mass is 19.3. The van der Waals surface area contributed by atoms with Crippen molar-refractivity contribution in [2.45, 2.75) is 31.4 Å². The number of carbonyl (C=O) groups is 1. The van der Waals surface area contributed by atoms with Gasteiger partial charge in [-0.25, -0.2) is 13.8 Å². The van der Waals surface area contributed by atoms with Gasteiger partial charge in [0, 0.05) is 30.4 Å². The molecule has 0 bridgehead atoms. The summed E-state index contributed by atoms with van der Waals surface area (Å²) >= 11 is 0. The largest absolute Gasteiger partial charge is 0.433 e. The molecular weight excluding hydrogens is 530 g/mol. The SMILES string of the molecule is O=C(NC1CC(c2nnc(-c3ccc(OC(F)F)cn3)n2-c2ccccc2F)C1)c1cc(F)cc2nccnc12. The zero-order chi connectivity index (χ0) is 27.8. The molecule has 0 aliphatic heterocycles. The summed E-state index contributed by atoms with van der Waals surface area (Å²) in [5, 5.41) is 11.4. The van der Waals surface area contributed by atoms with Crippen LogP contribution in [0.3, 0.4) is 0 Å². The van der Waals surface area contributed by atoms with Crippen molar-refractivity contribution in [3.05, 3.63) is 90.1 Å². The number of alkyl halides is 2. The molecule has 13 heteroatoms. The molecule has 5 aromatic rings. The van der Waals surface area contributed by atoms with E-state index in [1.807, 2.05) is 0 Å². The molecule has 3 aromatic heterocycles. The summed E-state index contributed by atoms with van der Waals surface area (Å²) < 4.78 is 60.0. The number of nitrogens with zero attached hydrogens (tertiary/aromatic N) is 6. The third-order valence-electron chi connectivity index (χ3n) is 6.59. The van der Waals surface area contributed by atoms with Crippen molar-refractivity contribution >= 4 is 16.9 Å². The number of nitrogens with one attached hydrogen (secondary N) is 1. The van der Waals surface area contributed by atoms with Crippen LogP contribution in [0.4, 0.5) is 17.6 Å². The van der Waals surface area contributed by atoms with Crippen LogP contribution in [-0.4, -0.2) is 48.3 Å². The molecule has 1 N–H and O–H groups in total. The van der Waals surface area contributed by atoms with Crippen LogP contribution in [0.5, 0.6) is 5.75 Å². The molecule has 3 heterocycles. The van der Waals surface area contributed by atoms with Crippen LogP contribution in [0.2, 0.25) is 0 Å². The Hall–Kier alpha value is -4.94. The second-order valence-corrected chi connectivity index (χ2v) is 9.14. The minimum Gasteiger partial charge on any atom is -0.433 e. The van der Waals surface area contributed by atoms with Crippen LogP contribution >= 0.6 is 0 Å². The predicted octanol–water partition coefficient (Wildman–Crippen LogP) is 4.83. The van der Waals surface area contributed by atoms with Crippen LogP contribution in [0.15, 0.2) is 67.1 Å². The molecule has 0 spiro atoms. The molecule has 1 aliphatic carbocycles. The Kier molecular flexibility index (Phi) is 6.54. The number of ether oxygens (including phenoxy) is 1. The number of aromatic nitrogens is 6. The zero-order valence-corrected chi connectivity index (χ0v) is 20.5. The third kappa shape index (κ3) is 4.81. The van der Waals surface area contributed by atoms with Gasteiger partial charge in [0.1, 0.15) is 34.4 Å². The Morgan fingerprint density at radius 2 is 1.80 bits per heavy atom. The van der Waals surface area contributed by atoms with Crippen molar-refractivity contribution in [3.8, 4) is 23.0 Å². The van der Waals surface area contributed by atoms with Gasteiger partial charge in [-0.05, 0) is 43.2 Å². The number of hydrogen-bond acceptors (Lipinski definition) is 7. The second kappa shape index (κ2) is 10.3. The van der Waals surface area contributed by atoms with Crippen LogP contribution < -0.4 is 10.1 Å². The number of pyridine rings is 1. The van der Waals surface area contributed by atoms with E-state index in [2.05, 4.69) is 35.2 Å². The highest BCUT2D eigenvalue weighted by Crippen LogP contribution is 2.39. The topological polar surface area (TPSA) is 108 Å². The fourth-order valence-electron chi connectivity index (χ4n) is 4.71. The molecule has 0 atom stereocenters. The minimum absolute atomic E-state index is 0.0775. The Bertz CT molecular complexity index is 1710. The van der Waals surface area contributed by atoms with Crippen molar-refractivity contribution in [3.63, 3.8) is 0 Å². The van der Waals surface area contributed by atoms with E-state index in [4.69, 9.17) is 0 Å². The quantitative estimate of drug-likeness (QED) is 0.290. The Morgan fingerprint density at radius 1 is 1.00 bits per heavy atom. The summed E-state index contributed by atoms with van der Waals surface area (Å²) in [5.41, 5.74) is 1.09. The van der Waals surface area contributed by atoms with E-state index in [1.54, 1.807) is 18.2 Å². The number of benzene rings is 2. The monoisotopic (exact) mass is 549 g/mol. The van der Waals surface area contributed by atoms with E-state index < -0.39 is 24.2 Å². The van der Waals surface area contributed by atoms with Gasteiger partial charge in [-0.2, -0.15) is 8.78 Å². The lowest BCUT2D eigenvalue weighted by atomic mass is 9.79. The summed E-state index contributed by atoms with van der Waals surface area (Å²) in [6, 6.07) is 10.9. The molecule has 1 fully saturated rings. The number of amides is 1. The van der Waals surface area contributed by atoms with Crippen molar-refractivity contribution in [2.24, 2.45) is 0 Å². The Morgan fingerprint density at radius 3 is 2.55 bits per heavy atom. The Labute approximate surface area is 223 Å². The molecule has 0 radical (unpaired) electrons. The summed E-state index contributed by atoms with van der Waals surface area (Å²) in [5.74, 6) is -1.28. The molecule has 1 amide bonds. The maximum atomic E-state index is 14.9. The maximum absolute atomic E-state index is 14.9. The van der Waals surface area contributed by atoms with Crippen molar-refractivity contribution in [1.82, 2.24) is 35.0 Å². The highest BCUT2D eigenvalue weighted by molar-refractivity contribution is 6.04. The minimum atomic E-state index is -3.00. The lowest BCUT2D eigenvalue weighted by Gasteiger charge is -2.35. The number of hydrogen-bond donors (Lipinski definition) is 1. The summed E-state index contributed by atoms with van der Waals surface area (Å²) in [6.45, 7) is -3.00. The lowest BCUT2D eigenvalue weighted by molar-refractivity contribution is -0.0500. The number of rotatable bonds is 7. The first-order chi connectivity index (χ1) is 19.4. The van der Waals surface area contributed by atoms with Crippen LogP contribution in [0.1, 0.15) is 34.9 Å². The molecule has 9 nitrogen and oxygen atoms in total. The third-order valence-corrected chi connectivity index (χ3v) is 6.59. The van der Waals surface area contributed by atoms with E-state index in [0.717, 1.165) is 12.3 Å². The van der Waals surface area contributed by atoms with Crippen molar-refractivity contribution < 1.29 is 27.1 Å². The highest BCUT2D eigenvalue weighted by Gasteiger charge is 2.37. The maximum Gasteiger partial charge on any atom is 0.387 e. The normalized spacial score (nSPS) is 16.6. The van der Waals surface area contributed by atoms with E-state index in [-0.39, 0.29) is 46.0 Å². The molecular formula is C27H19F4N7O2. The van der Waals surface area contributed by atoms with Gasteiger partial charge < -0.3 is 10.1 Å². The molecule has 0 saturated heterocycles. The predicted molar refractivity (Wildman–Crippen MR) is 134 cm³/mol. The van der Waals surface area contributed by atoms with Gasteiger partial charge in [-0.15, -0.1) is 10.2 Å². The molecule has 1 saturated carbocycles. The average molecular weight is 549 g/mol. The molecule has 202 valence electrons. The fourth-order valence-corrected chi connectivity index (χ4v) is 4.71. The van der Waals surface area contributed by atoms with Gasteiger partial charge in [0.05, 0.1) is 23.0 Å². The summed E-state index contributed by atoms with van der Waals surface area (Å²) in [7, 11) is 0. The van der Waals surface area contributed by atoms with E-state index in [1.165, 1.54) is 41.2 Å². The van der Waals surface area contributed by atoms with Crippen molar-refractivity contribution in [1.29, 1.82) is 0 Å². The molecule has 40 heavy (non-hydrogen) atoms. The van der Waals surface area contributed by atoms with Crippen LogP contribution in [-0.2, 0) is 0 Å². The lowest BCUT2D eigenvalue weighted by Crippen LogP contribution is -2.44. The first-order valence-electron chi connectivity index (χ1n) is 12.2. The molecule has 2 aromatic carbocycles. The van der Waals surface area contributed by atoms with Gasteiger partial charge in [0.2, 0.25) is 0 Å². The van der Waals surface area contributed by atoms with E-state index in [9.17, 15) is 22.4 Å². The standard InChI is InChI=1S/C27H19F4N7O2/c28-15-11-18(23-21(12-15)32-7-8-33-23)26(39)35-16-9-14(10-16)24-36-37-25(38(24)22-4-2-1-3-19(22)29)20-6-5-17(13-34-20)40-27(30)31/h1-8,11-14,16,27H,9-10H2,(H,35,39). The van der Waals surface area contributed by atoms with Gasteiger partial charge in [0.15, 0.2) is 5.82 Å².